The molecular weight excluding hydrogens is 316 g/mol. The Labute approximate surface area is 145 Å². The molecule has 4 rings (SSSR count). The van der Waals surface area contributed by atoms with Crippen LogP contribution in [-0.4, -0.2) is 26.3 Å². The number of rotatable bonds is 1. The van der Waals surface area contributed by atoms with Gasteiger partial charge in [-0.25, -0.2) is 10.1 Å². The third-order valence-electron chi connectivity index (χ3n) is 4.44. The zero-order valence-corrected chi connectivity index (χ0v) is 13.5. The molecule has 0 aromatic heterocycles. The van der Waals surface area contributed by atoms with Crippen molar-refractivity contribution >= 4 is 23.1 Å². The average molecular weight is 332 g/mol. The first-order valence-electron chi connectivity index (χ1n) is 7.90. The molecule has 2 aliphatic rings. The largest absolute Gasteiger partial charge is 0.289 e. The maximum absolute atomic E-state index is 12.5. The molecule has 1 aliphatic heterocycles. The van der Waals surface area contributed by atoms with E-state index >= 15 is 0 Å². The van der Waals surface area contributed by atoms with Gasteiger partial charge in [0.2, 0.25) is 0 Å². The van der Waals surface area contributed by atoms with Crippen molar-refractivity contribution in [1.29, 1.82) is 0 Å². The highest BCUT2D eigenvalue weighted by Crippen LogP contribution is 2.40. The fraction of sp³-hybridized carbons (Fsp3) is 0.0500. The normalized spacial score (nSPS) is 19.7. The van der Waals surface area contributed by atoms with E-state index in [2.05, 4.69) is 0 Å². The van der Waals surface area contributed by atoms with E-state index in [0.29, 0.717) is 17.0 Å². The third-order valence-corrected chi connectivity index (χ3v) is 4.44. The number of hydroxylamine groups is 4. The highest BCUT2D eigenvalue weighted by atomic mass is 16.6. The predicted octanol–water partition coefficient (Wildman–Crippen LogP) is 3.74. The first-order valence-corrected chi connectivity index (χ1v) is 7.90. The van der Waals surface area contributed by atoms with Crippen LogP contribution in [0.4, 0.5) is 0 Å². The summed E-state index contributed by atoms with van der Waals surface area (Å²) >= 11 is 0. The first-order chi connectivity index (χ1) is 12.1. The first kappa shape index (κ1) is 15.4. The summed E-state index contributed by atoms with van der Waals surface area (Å²) in [7, 11) is 0. The maximum Gasteiger partial charge on any atom is 0.190 e. The lowest BCUT2D eigenvalue weighted by Gasteiger charge is -2.23. The topological polar surface area (TPSA) is 64.0 Å². The summed E-state index contributed by atoms with van der Waals surface area (Å²) in [5.74, 6) is -0.230. The van der Waals surface area contributed by atoms with Gasteiger partial charge in [-0.1, -0.05) is 60.7 Å². The van der Waals surface area contributed by atoms with Crippen molar-refractivity contribution < 1.29 is 15.2 Å². The summed E-state index contributed by atoms with van der Waals surface area (Å²) < 4.78 is 0. The van der Waals surface area contributed by atoms with Crippen molar-refractivity contribution in [2.45, 2.75) is 6.92 Å². The van der Waals surface area contributed by atoms with Gasteiger partial charge in [-0.2, -0.15) is 0 Å². The number of allylic oxidation sites excluding steroid dienone is 3. The van der Waals surface area contributed by atoms with Gasteiger partial charge in [-0.05, 0) is 24.1 Å². The number of benzene rings is 2. The summed E-state index contributed by atoms with van der Waals surface area (Å²) in [4.78, 5) is 12.5. The fourth-order valence-corrected chi connectivity index (χ4v) is 3.23. The predicted molar refractivity (Wildman–Crippen MR) is 93.7 cm³/mol. The lowest BCUT2D eigenvalue weighted by molar-refractivity contribution is -0.111. The molecule has 0 radical (unpaired) electrons. The summed E-state index contributed by atoms with van der Waals surface area (Å²) in [6, 6.07) is 16.6. The van der Waals surface area contributed by atoms with Gasteiger partial charge in [0.15, 0.2) is 11.6 Å². The maximum atomic E-state index is 12.5. The molecular formula is C20H16N2O3. The highest BCUT2D eigenvalue weighted by Gasteiger charge is 2.36. The second-order valence-corrected chi connectivity index (χ2v) is 5.91. The number of fused-ring (bicyclic) bond motifs is 1. The minimum atomic E-state index is -0.270. The van der Waals surface area contributed by atoms with E-state index in [1.165, 1.54) is 6.08 Å². The van der Waals surface area contributed by atoms with Crippen LogP contribution in [0.1, 0.15) is 23.6 Å². The minimum Gasteiger partial charge on any atom is -0.289 e. The Hall–Kier alpha value is -3.15. The summed E-state index contributed by atoms with van der Waals surface area (Å²) in [6.45, 7) is 1.69. The van der Waals surface area contributed by atoms with E-state index in [9.17, 15) is 15.2 Å². The number of carbonyl (C=O) groups excluding carboxylic acids is 1. The minimum absolute atomic E-state index is 0.0400. The van der Waals surface area contributed by atoms with Gasteiger partial charge in [0.05, 0.1) is 11.3 Å². The number of nitrogens with zero attached hydrogens (tertiary/aromatic N) is 2. The van der Waals surface area contributed by atoms with Crippen LogP contribution in [0.2, 0.25) is 0 Å². The summed E-state index contributed by atoms with van der Waals surface area (Å²) in [5.41, 5.74) is 3.40. The van der Waals surface area contributed by atoms with Gasteiger partial charge in [0, 0.05) is 5.56 Å². The molecule has 5 nitrogen and oxygen atoms in total. The van der Waals surface area contributed by atoms with Gasteiger partial charge < -0.3 is 0 Å². The van der Waals surface area contributed by atoms with Crippen LogP contribution < -0.4 is 0 Å². The van der Waals surface area contributed by atoms with Gasteiger partial charge in [-0.3, -0.25) is 15.2 Å². The smallest absolute Gasteiger partial charge is 0.190 e. The number of ketones is 1. The summed E-state index contributed by atoms with van der Waals surface area (Å²) in [6.07, 6.45) is 3.18. The fourth-order valence-electron chi connectivity index (χ4n) is 3.23. The van der Waals surface area contributed by atoms with Crippen molar-refractivity contribution in [3.8, 4) is 0 Å². The standard InChI is InChI=1S/C20H16N2O3/c1-13-19(15-8-3-2-4-9-15)22(25)20(21(13)24)18-16-10-6-5-7-14(16)11-12-17(18)23/h2-12,24-25H,1H3. The van der Waals surface area contributed by atoms with Gasteiger partial charge in [-0.15, -0.1) is 0 Å². The molecule has 0 unspecified atom stereocenters. The molecule has 2 aromatic carbocycles. The van der Waals surface area contributed by atoms with Gasteiger partial charge in [0.1, 0.15) is 5.70 Å². The molecule has 0 bridgehead atoms. The Bertz CT molecular complexity index is 958. The van der Waals surface area contributed by atoms with E-state index in [0.717, 1.165) is 21.3 Å². The van der Waals surface area contributed by atoms with Crippen LogP contribution in [-0.2, 0) is 4.79 Å². The second kappa shape index (κ2) is 5.73. The van der Waals surface area contributed by atoms with E-state index in [1.54, 1.807) is 19.1 Å². The Balaban J connectivity index is 1.92. The Morgan fingerprint density at radius 2 is 1.52 bits per heavy atom. The second-order valence-electron chi connectivity index (χ2n) is 5.91. The molecule has 2 N–H and O–H groups in total. The molecule has 0 fully saturated rings. The van der Waals surface area contributed by atoms with E-state index in [-0.39, 0.29) is 17.2 Å². The number of hydrogen-bond donors (Lipinski definition) is 2. The summed E-state index contributed by atoms with van der Waals surface area (Å²) in [5, 5.41) is 23.1. The van der Waals surface area contributed by atoms with Crippen LogP contribution in [0.15, 0.2) is 72.2 Å². The lowest BCUT2D eigenvalue weighted by atomic mass is 9.91. The van der Waals surface area contributed by atoms with Crippen LogP contribution in [0.5, 0.6) is 0 Å². The van der Waals surface area contributed by atoms with Crippen LogP contribution >= 0.6 is 0 Å². The van der Waals surface area contributed by atoms with E-state index < -0.39 is 0 Å². The van der Waals surface area contributed by atoms with Crippen LogP contribution in [0, 0.1) is 0 Å². The van der Waals surface area contributed by atoms with Crippen molar-refractivity contribution in [3.63, 3.8) is 0 Å². The average Bonchev–Trinajstić information content (AvgIpc) is 2.85. The Kier molecular flexibility index (Phi) is 3.53. The Morgan fingerprint density at radius 1 is 0.840 bits per heavy atom. The van der Waals surface area contributed by atoms with Crippen molar-refractivity contribution in [3.05, 3.63) is 88.9 Å². The number of hydrogen-bond acceptors (Lipinski definition) is 5. The molecule has 0 atom stereocenters. The molecule has 5 heteroatoms. The van der Waals surface area contributed by atoms with Crippen molar-refractivity contribution in [2.75, 3.05) is 0 Å². The molecule has 0 spiro atoms. The molecule has 2 aromatic rings. The molecule has 0 amide bonds. The highest BCUT2D eigenvalue weighted by molar-refractivity contribution is 6.30. The van der Waals surface area contributed by atoms with E-state index in [4.69, 9.17) is 0 Å². The monoisotopic (exact) mass is 332 g/mol. The van der Waals surface area contributed by atoms with Gasteiger partial charge >= 0.3 is 0 Å². The molecule has 25 heavy (non-hydrogen) atoms. The molecule has 1 aliphatic carbocycles. The van der Waals surface area contributed by atoms with E-state index in [1.807, 2.05) is 48.5 Å². The lowest BCUT2D eigenvalue weighted by Crippen LogP contribution is -2.24. The SMILES string of the molecule is CC1=C(c2ccccc2)N(O)C(=C2C(=O)C=Cc3ccccc32)N1O. The van der Waals surface area contributed by atoms with Crippen LogP contribution in [0.25, 0.3) is 17.3 Å². The zero-order chi connectivity index (χ0) is 17.6. The van der Waals surface area contributed by atoms with Gasteiger partial charge in [0.25, 0.3) is 0 Å². The molecule has 1 heterocycles. The molecule has 124 valence electrons. The zero-order valence-electron chi connectivity index (χ0n) is 13.5. The third kappa shape index (κ3) is 2.29. The number of carbonyl (C=O) groups is 1. The quantitative estimate of drug-likeness (QED) is 0.779. The molecule has 0 saturated carbocycles. The van der Waals surface area contributed by atoms with Crippen molar-refractivity contribution in [2.24, 2.45) is 0 Å². The Morgan fingerprint density at radius 3 is 2.28 bits per heavy atom. The molecule has 0 saturated heterocycles. The van der Waals surface area contributed by atoms with Crippen molar-refractivity contribution in [1.82, 2.24) is 10.1 Å². The van der Waals surface area contributed by atoms with Crippen LogP contribution in [0.3, 0.4) is 0 Å².